The van der Waals surface area contributed by atoms with Crippen LogP contribution in [0, 0.1) is 0 Å². The van der Waals surface area contributed by atoms with Gasteiger partial charge in [0.05, 0.1) is 35.4 Å². The fraction of sp³-hybridized carbons (Fsp3) is 0.200. The highest BCUT2D eigenvalue weighted by Gasteiger charge is 2.18. The van der Waals surface area contributed by atoms with Crippen LogP contribution in [0.1, 0.15) is 27.2 Å². The largest absolute Gasteiger partial charge is 0.386 e. The Morgan fingerprint density at radius 1 is 1.38 bits per heavy atom. The monoisotopic (exact) mass is 471 g/mol. The van der Waals surface area contributed by atoms with E-state index in [1.807, 2.05) is 0 Å². The lowest BCUT2D eigenvalue weighted by Gasteiger charge is -2.06. The number of aliphatic hydroxyl groups is 1. The van der Waals surface area contributed by atoms with Crippen LogP contribution in [0.3, 0.4) is 0 Å². The van der Waals surface area contributed by atoms with E-state index < -0.39 is 17.6 Å². The highest BCUT2D eigenvalue weighted by atomic mass is 35.5. The van der Waals surface area contributed by atoms with Crippen molar-refractivity contribution in [1.29, 1.82) is 0 Å². The van der Waals surface area contributed by atoms with Crippen LogP contribution in [-0.4, -0.2) is 40.8 Å². The molecule has 14 heteroatoms. The van der Waals surface area contributed by atoms with Crippen LogP contribution in [0.4, 0.5) is 0 Å². The molecule has 3 N–H and O–H groups in total. The summed E-state index contributed by atoms with van der Waals surface area (Å²) < 4.78 is 1.65. The predicted molar refractivity (Wildman–Crippen MR) is 109 cm³/mol. The summed E-state index contributed by atoms with van der Waals surface area (Å²) in [5.74, 6) is -0.460. The summed E-state index contributed by atoms with van der Waals surface area (Å²) in [7, 11) is 0. The molecule has 4 rings (SSSR count). The maximum absolute atomic E-state index is 12.7. The van der Waals surface area contributed by atoms with Gasteiger partial charge in [-0.1, -0.05) is 23.2 Å². The molecular formula is C15H11Cl2N7O3S2. The molecule has 1 atom stereocenters. The number of halogens is 2. The molecule has 0 saturated heterocycles. The number of amides is 1. The molecule has 29 heavy (non-hydrogen) atoms. The van der Waals surface area contributed by atoms with Crippen molar-refractivity contribution in [2.75, 3.05) is 0 Å². The van der Waals surface area contributed by atoms with Crippen LogP contribution >= 0.6 is 45.9 Å². The molecular weight excluding hydrogens is 461 g/mol. The topological polar surface area (TPSA) is 142 Å². The van der Waals surface area contributed by atoms with E-state index in [9.17, 15) is 14.7 Å². The highest BCUT2D eigenvalue weighted by Crippen LogP contribution is 2.35. The van der Waals surface area contributed by atoms with E-state index in [2.05, 4.69) is 20.4 Å². The summed E-state index contributed by atoms with van der Waals surface area (Å²) >= 11 is 14.1. The Bertz CT molecular complexity index is 1260. The number of nitrogens with zero attached hydrogens (tertiary/aromatic N) is 6. The number of primary amides is 1. The van der Waals surface area contributed by atoms with Gasteiger partial charge in [-0.25, -0.2) is 4.98 Å². The zero-order chi connectivity index (χ0) is 20.7. The van der Waals surface area contributed by atoms with E-state index >= 15 is 0 Å². The van der Waals surface area contributed by atoms with Gasteiger partial charge in [0.2, 0.25) is 5.91 Å². The number of nitrogens with two attached hydrogens (primary N) is 1. The number of rotatable bonds is 6. The molecule has 0 fully saturated rings. The van der Waals surface area contributed by atoms with Gasteiger partial charge in [0.25, 0.3) is 5.56 Å². The number of tetrazole rings is 1. The molecule has 0 aromatic carbocycles. The Balaban J connectivity index is 1.55. The van der Waals surface area contributed by atoms with Crippen molar-refractivity contribution in [3.8, 4) is 0 Å². The Morgan fingerprint density at radius 2 is 2.17 bits per heavy atom. The summed E-state index contributed by atoms with van der Waals surface area (Å²) in [6.07, 6.45) is 0.425. The second-order valence-electron chi connectivity index (χ2n) is 5.92. The number of carbonyl (C=O) groups excluding carboxylic acids is 1. The third-order valence-electron chi connectivity index (χ3n) is 3.96. The minimum atomic E-state index is -0.920. The molecule has 4 aromatic rings. The Kier molecular flexibility index (Phi) is 5.36. The van der Waals surface area contributed by atoms with Gasteiger partial charge >= 0.3 is 0 Å². The predicted octanol–water partition coefficient (Wildman–Crippen LogP) is 1.69. The molecule has 0 spiro atoms. The zero-order valence-electron chi connectivity index (χ0n) is 14.3. The van der Waals surface area contributed by atoms with Gasteiger partial charge in [0.1, 0.15) is 15.3 Å². The molecule has 0 aliphatic carbocycles. The van der Waals surface area contributed by atoms with Crippen molar-refractivity contribution in [1.82, 2.24) is 29.8 Å². The molecule has 150 valence electrons. The molecule has 1 amide bonds. The quantitative estimate of drug-likeness (QED) is 0.435. The van der Waals surface area contributed by atoms with Crippen LogP contribution in [-0.2, 0) is 13.1 Å². The van der Waals surface area contributed by atoms with Crippen LogP contribution in [0.2, 0.25) is 9.36 Å². The first-order valence-corrected chi connectivity index (χ1v) is 10.4. The van der Waals surface area contributed by atoms with Crippen LogP contribution < -0.4 is 11.3 Å². The molecule has 0 aliphatic heterocycles. The van der Waals surface area contributed by atoms with Crippen molar-refractivity contribution in [2.45, 2.75) is 19.2 Å². The van der Waals surface area contributed by atoms with Crippen LogP contribution in [0.25, 0.3) is 10.2 Å². The molecule has 0 bridgehead atoms. The lowest BCUT2D eigenvalue weighted by molar-refractivity contribution is 0.100. The number of thiophene rings is 2. The van der Waals surface area contributed by atoms with E-state index in [1.54, 1.807) is 6.07 Å². The van der Waals surface area contributed by atoms with E-state index in [0.717, 1.165) is 22.7 Å². The minimum absolute atomic E-state index is 0.0113. The standard InChI is InChI=1S/C15H11Cl2N7O3S2/c16-7-1-9(29-12(7)17)8(25)2-24-21-10(20-22-24)3-23-5-19-14-11(15(23)27)6(4-28-14)13(18)26/h1,4-5,8,25H,2-3H2,(H2,18,26)/t8-/m0/s1. The Morgan fingerprint density at radius 3 is 2.86 bits per heavy atom. The van der Waals surface area contributed by atoms with Gasteiger partial charge in [0.15, 0.2) is 5.82 Å². The van der Waals surface area contributed by atoms with Crippen LogP contribution in [0.5, 0.6) is 0 Å². The van der Waals surface area contributed by atoms with Gasteiger partial charge in [-0.3, -0.25) is 14.2 Å². The molecule has 0 aliphatic rings. The number of fused-ring (bicyclic) bond motifs is 1. The number of hydrogen-bond acceptors (Lipinski definition) is 9. The van der Waals surface area contributed by atoms with Gasteiger partial charge in [-0.15, -0.1) is 32.9 Å². The van der Waals surface area contributed by atoms with E-state index in [-0.39, 0.29) is 29.9 Å². The third-order valence-corrected chi connectivity index (χ3v) is 6.81. The summed E-state index contributed by atoms with van der Waals surface area (Å²) in [6.45, 7) is 0.0191. The normalized spacial score (nSPS) is 12.5. The number of aromatic nitrogens is 6. The Hall–Kier alpha value is -2.38. The van der Waals surface area contributed by atoms with Crippen molar-refractivity contribution in [3.63, 3.8) is 0 Å². The van der Waals surface area contributed by atoms with Crippen molar-refractivity contribution in [2.24, 2.45) is 5.73 Å². The second-order valence-corrected chi connectivity index (χ2v) is 8.87. The molecule has 4 aromatic heterocycles. The Labute approximate surface area is 180 Å². The van der Waals surface area contributed by atoms with Gasteiger partial charge in [-0.2, -0.15) is 4.80 Å². The molecule has 0 unspecified atom stereocenters. The number of hydrogen-bond donors (Lipinski definition) is 2. The lowest BCUT2D eigenvalue weighted by atomic mass is 10.2. The summed E-state index contributed by atoms with van der Waals surface area (Å²) in [5.41, 5.74) is 5.02. The highest BCUT2D eigenvalue weighted by molar-refractivity contribution is 7.17. The number of carbonyl (C=O) groups is 1. The van der Waals surface area contributed by atoms with Crippen molar-refractivity contribution >= 4 is 62.0 Å². The minimum Gasteiger partial charge on any atom is -0.386 e. The smallest absolute Gasteiger partial charge is 0.263 e. The number of aliphatic hydroxyl groups excluding tert-OH is 1. The molecule has 4 heterocycles. The molecule has 10 nitrogen and oxygen atoms in total. The lowest BCUT2D eigenvalue weighted by Crippen LogP contribution is -2.23. The van der Waals surface area contributed by atoms with E-state index in [0.29, 0.717) is 19.1 Å². The zero-order valence-corrected chi connectivity index (χ0v) is 17.5. The maximum atomic E-state index is 12.7. The van der Waals surface area contributed by atoms with E-state index in [1.165, 1.54) is 21.1 Å². The average Bonchev–Trinajstić information content (AvgIpc) is 3.37. The average molecular weight is 472 g/mol. The van der Waals surface area contributed by atoms with Gasteiger partial charge in [0, 0.05) is 10.3 Å². The van der Waals surface area contributed by atoms with Gasteiger partial charge < -0.3 is 10.8 Å². The first-order chi connectivity index (χ1) is 13.8. The van der Waals surface area contributed by atoms with Crippen LogP contribution in [0.15, 0.2) is 22.6 Å². The van der Waals surface area contributed by atoms with Crippen molar-refractivity contribution < 1.29 is 9.90 Å². The van der Waals surface area contributed by atoms with Gasteiger partial charge in [-0.05, 0) is 11.3 Å². The summed E-state index contributed by atoms with van der Waals surface area (Å²) in [6, 6.07) is 1.58. The fourth-order valence-electron chi connectivity index (χ4n) is 2.60. The van der Waals surface area contributed by atoms with E-state index in [4.69, 9.17) is 28.9 Å². The molecule has 0 radical (unpaired) electrons. The summed E-state index contributed by atoms with van der Waals surface area (Å²) in [4.78, 5) is 30.6. The fourth-order valence-corrected chi connectivity index (χ4v) is 4.86. The maximum Gasteiger partial charge on any atom is 0.263 e. The first-order valence-electron chi connectivity index (χ1n) is 7.99. The SMILES string of the molecule is NC(=O)c1csc2ncn(Cc3nnn(C[C@H](O)c4cc(Cl)c(Cl)s4)n3)c(=O)c12. The first kappa shape index (κ1) is 19.9. The third kappa shape index (κ3) is 3.89. The molecule has 0 saturated carbocycles. The second kappa shape index (κ2) is 7.80. The summed E-state index contributed by atoms with van der Waals surface area (Å²) in [5, 5.41) is 24.3. The van der Waals surface area contributed by atoms with Crippen molar-refractivity contribution in [3.05, 3.63) is 53.8 Å².